The molecule has 0 bridgehead atoms. The molecule has 3 fully saturated rings. The van der Waals surface area contributed by atoms with Crippen molar-refractivity contribution >= 4 is 50.6 Å². The van der Waals surface area contributed by atoms with E-state index in [0.717, 1.165) is 116 Å². The molecule has 14 nitrogen and oxygen atoms in total. The lowest BCUT2D eigenvalue weighted by atomic mass is 9.74. The number of likely N-dealkylation sites (tertiary alicyclic amines) is 1. The number of hydrogen-bond donors (Lipinski definition) is 2. The maximum atomic E-state index is 14.3. The van der Waals surface area contributed by atoms with Gasteiger partial charge < -0.3 is 25.8 Å². The molecular formula is C56H51N11O3. The predicted molar refractivity (Wildman–Crippen MR) is 268 cm³/mol. The summed E-state index contributed by atoms with van der Waals surface area (Å²) in [5.74, 6) is 0.230. The van der Waals surface area contributed by atoms with Crippen LogP contribution in [-0.4, -0.2) is 84.2 Å². The summed E-state index contributed by atoms with van der Waals surface area (Å²) >= 11 is 0. The number of aromatic nitrogens is 6. The fourth-order valence-electron chi connectivity index (χ4n) is 11.5. The van der Waals surface area contributed by atoms with Crippen LogP contribution in [0.25, 0.3) is 43.8 Å². The number of nitrogens with zero attached hydrogens (tertiary/aromatic N) is 9. The first kappa shape index (κ1) is 43.5. The molecule has 70 heavy (non-hydrogen) atoms. The van der Waals surface area contributed by atoms with Crippen LogP contribution in [0.4, 0.5) is 11.4 Å². The molecule has 0 radical (unpaired) electrons. The molecule has 2 saturated heterocycles. The highest BCUT2D eigenvalue weighted by Crippen LogP contribution is 2.50. The molecule has 6 aromatic heterocycles. The lowest BCUT2D eigenvalue weighted by Gasteiger charge is -2.39. The third-order valence-electron chi connectivity index (χ3n) is 15.4. The maximum absolute atomic E-state index is 14.3. The van der Waals surface area contributed by atoms with E-state index >= 15 is 0 Å². The van der Waals surface area contributed by atoms with E-state index in [-0.39, 0.29) is 17.7 Å². The number of nitrogens with two attached hydrogens (primary N) is 1. The molecule has 1 saturated carbocycles. The molecule has 1 aliphatic carbocycles. The topological polar surface area (TPSA) is 176 Å². The molecule has 4 aliphatic heterocycles. The minimum atomic E-state index is -0.692. The van der Waals surface area contributed by atoms with E-state index < -0.39 is 16.4 Å². The maximum Gasteiger partial charge on any atom is 0.242 e. The van der Waals surface area contributed by atoms with Gasteiger partial charge in [0.15, 0.2) is 0 Å². The molecular weight excluding hydrogens is 875 g/mol. The number of amides is 3. The van der Waals surface area contributed by atoms with Gasteiger partial charge in [0.05, 0.1) is 64.6 Å². The van der Waals surface area contributed by atoms with Crippen molar-refractivity contribution in [2.75, 3.05) is 36.0 Å². The van der Waals surface area contributed by atoms with E-state index in [4.69, 9.17) is 15.7 Å². The van der Waals surface area contributed by atoms with Crippen molar-refractivity contribution in [2.24, 2.45) is 5.73 Å². The number of hydrogen-bond acceptors (Lipinski definition) is 11. The highest BCUT2D eigenvalue weighted by Gasteiger charge is 2.55. The summed E-state index contributed by atoms with van der Waals surface area (Å²) in [5.41, 5.74) is 13.8. The zero-order chi connectivity index (χ0) is 47.5. The van der Waals surface area contributed by atoms with Crippen LogP contribution in [0.2, 0.25) is 0 Å². The molecule has 2 spiro atoms. The largest absolute Gasteiger partial charge is 0.341 e. The van der Waals surface area contributed by atoms with Gasteiger partial charge in [0, 0.05) is 95.7 Å². The zero-order valence-corrected chi connectivity index (χ0v) is 38.7. The molecule has 8 aromatic rings. The van der Waals surface area contributed by atoms with Crippen LogP contribution in [0.5, 0.6) is 0 Å². The van der Waals surface area contributed by atoms with Gasteiger partial charge >= 0.3 is 0 Å². The quantitative estimate of drug-likeness (QED) is 0.162. The molecule has 0 atom stereocenters. The monoisotopic (exact) mass is 925 g/mol. The Morgan fingerprint density at radius 2 is 1.01 bits per heavy atom. The lowest BCUT2D eigenvalue weighted by Crippen LogP contribution is -2.54. The lowest BCUT2D eigenvalue weighted by molar-refractivity contribution is -0.137. The van der Waals surface area contributed by atoms with Crippen molar-refractivity contribution in [1.29, 1.82) is 0 Å². The van der Waals surface area contributed by atoms with Crippen LogP contribution in [0.3, 0.4) is 0 Å². The fourth-order valence-corrected chi connectivity index (χ4v) is 11.5. The number of nitrogens with one attached hydrogen (secondary N) is 1. The Hall–Kier alpha value is -7.81. The van der Waals surface area contributed by atoms with Gasteiger partial charge in [-0.05, 0) is 97.8 Å². The Labute approximate surface area is 405 Å². The summed E-state index contributed by atoms with van der Waals surface area (Å²) in [7, 11) is 0. The van der Waals surface area contributed by atoms with Crippen LogP contribution in [0.1, 0.15) is 61.0 Å². The SMILES string of the molecule is NC1(C(=O)N2CCC3(CC2)C(=O)N(Cc2ncc4ccccc4c2-c2cccnc2)c2cnccc23)CC1.O=C1N(Cc2ncc3ccccc3c2-c2cccnc2)c2cnccc2C12CCNCC2. The first-order chi connectivity index (χ1) is 34.3. The molecule has 5 aliphatic rings. The third kappa shape index (κ3) is 7.20. The van der Waals surface area contributed by atoms with Crippen molar-refractivity contribution in [2.45, 2.75) is 68.0 Å². The minimum absolute atomic E-state index is 0.0195. The van der Waals surface area contributed by atoms with Gasteiger partial charge in [0.1, 0.15) is 0 Å². The first-order valence-corrected chi connectivity index (χ1v) is 24.1. The smallest absolute Gasteiger partial charge is 0.242 e. The summed E-state index contributed by atoms with van der Waals surface area (Å²) in [5, 5.41) is 7.68. The second kappa shape index (κ2) is 17.3. The number of pyridine rings is 6. The minimum Gasteiger partial charge on any atom is -0.341 e. The van der Waals surface area contributed by atoms with Gasteiger partial charge in [-0.1, -0.05) is 60.7 Å². The highest BCUT2D eigenvalue weighted by atomic mass is 16.2. The fraction of sp³-hybridized carbons (Fsp3) is 0.268. The van der Waals surface area contributed by atoms with Gasteiger partial charge in [0.2, 0.25) is 17.7 Å². The Morgan fingerprint density at radius 3 is 1.49 bits per heavy atom. The van der Waals surface area contributed by atoms with Crippen LogP contribution in [0, 0.1) is 0 Å². The number of fused-ring (bicyclic) bond motifs is 6. The highest BCUT2D eigenvalue weighted by molar-refractivity contribution is 6.10. The Morgan fingerprint density at radius 1 is 0.543 bits per heavy atom. The van der Waals surface area contributed by atoms with Crippen molar-refractivity contribution < 1.29 is 14.4 Å². The summed E-state index contributed by atoms with van der Waals surface area (Å²) in [4.78, 5) is 73.7. The molecule has 348 valence electrons. The number of rotatable bonds is 7. The molecule has 3 N–H and O–H groups in total. The molecule has 13 rings (SSSR count). The third-order valence-corrected chi connectivity index (χ3v) is 15.4. The van der Waals surface area contributed by atoms with Crippen molar-refractivity contribution in [3.05, 3.63) is 169 Å². The van der Waals surface area contributed by atoms with Crippen LogP contribution < -0.4 is 20.9 Å². The van der Waals surface area contributed by atoms with Gasteiger partial charge in [-0.3, -0.25) is 44.3 Å². The molecule has 0 unspecified atom stereocenters. The average molecular weight is 926 g/mol. The molecule has 3 amide bonds. The van der Waals surface area contributed by atoms with E-state index in [9.17, 15) is 14.4 Å². The Bertz CT molecular complexity index is 3330. The molecule has 10 heterocycles. The Balaban J connectivity index is 0.000000146. The van der Waals surface area contributed by atoms with E-state index in [1.165, 1.54) is 0 Å². The van der Waals surface area contributed by atoms with Crippen LogP contribution >= 0.6 is 0 Å². The number of benzene rings is 2. The van der Waals surface area contributed by atoms with Crippen molar-refractivity contribution in [3.8, 4) is 22.3 Å². The second-order valence-electron chi connectivity index (χ2n) is 19.2. The van der Waals surface area contributed by atoms with E-state index in [1.807, 2.05) is 106 Å². The average Bonchev–Trinajstić information content (AvgIpc) is 4.10. The van der Waals surface area contributed by atoms with E-state index in [1.54, 1.807) is 31.0 Å². The van der Waals surface area contributed by atoms with Crippen LogP contribution in [-0.2, 0) is 38.3 Å². The number of carbonyl (C=O) groups is 3. The van der Waals surface area contributed by atoms with Gasteiger partial charge in [-0.2, -0.15) is 0 Å². The predicted octanol–water partition coefficient (Wildman–Crippen LogP) is 7.45. The molecule has 2 aromatic carbocycles. The van der Waals surface area contributed by atoms with Gasteiger partial charge in [0.25, 0.3) is 0 Å². The van der Waals surface area contributed by atoms with Crippen molar-refractivity contribution in [1.82, 2.24) is 40.1 Å². The standard InChI is InChI=1S/C30H28N6O2.C26H23N5O/c31-30(8-9-30)28(38)35-14-10-29(11-15-35)23-7-13-33-18-25(23)36(27(29)37)19-24-26(21-5-3-12-32-16-21)22-6-2-1-4-20(22)17-34-24;32-25-26(8-12-27-13-9-26)21-7-11-29-16-23(21)31(25)17-22-24(19-5-3-10-28-14-19)20-6-2-1-4-18(20)15-30-22/h1-7,12-13,16-18H,8-11,14-15,19,31H2;1-7,10-11,14-16,27H,8-9,12-13,17H2. The summed E-state index contributed by atoms with van der Waals surface area (Å²) in [6.07, 6.45) is 22.4. The number of carbonyl (C=O) groups excluding carboxylic acids is 3. The zero-order valence-electron chi connectivity index (χ0n) is 38.7. The van der Waals surface area contributed by atoms with Crippen molar-refractivity contribution in [3.63, 3.8) is 0 Å². The first-order valence-electron chi connectivity index (χ1n) is 24.1. The van der Waals surface area contributed by atoms with E-state index in [0.29, 0.717) is 39.0 Å². The number of anilines is 2. The number of piperidine rings is 2. The molecule has 14 heteroatoms. The normalized spacial score (nSPS) is 18.2. The van der Waals surface area contributed by atoms with Crippen LogP contribution in [0.15, 0.2) is 147 Å². The summed E-state index contributed by atoms with van der Waals surface area (Å²) < 4.78 is 0. The summed E-state index contributed by atoms with van der Waals surface area (Å²) in [6.45, 7) is 3.46. The summed E-state index contributed by atoms with van der Waals surface area (Å²) in [6, 6.07) is 28.3. The Kier molecular flexibility index (Phi) is 10.7. The van der Waals surface area contributed by atoms with E-state index in [2.05, 4.69) is 49.5 Å². The van der Waals surface area contributed by atoms with Gasteiger partial charge in [-0.15, -0.1) is 0 Å². The second-order valence-corrected chi connectivity index (χ2v) is 19.2. The van der Waals surface area contributed by atoms with Gasteiger partial charge in [-0.25, -0.2) is 0 Å².